The van der Waals surface area contributed by atoms with Crippen molar-refractivity contribution in [2.75, 3.05) is 12.3 Å². The van der Waals surface area contributed by atoms with Crippen LogP contribution in [0.5, 0.6) is 5.75 Å². The fourth-order valence-electron chi connectivity index (χ4n) is 3.52. The van der Waals surface area contributed by atoms with Gasteiger partial charge in [-0.15, -0.1) is 0 Å². The lowest BCUT2D eigenvalue weighted by molar-refractivity contribution is -0.133. The van der Waals surface area contributed by atoms with Gasteiger partial charge in [-0.25, -0.2) is 0 Å². The number of carbonyl (C=O) groups excluding carboxylic acids is 1. The van der Waals surface area contributed by atoms with Crippen molar-refractivity contribution < 1.29 is 17.4 Å². The third-order valence-corrected chi connectivity index (χ3v) is 6.26. The van der Waals surface area contributed by atoms with E-state index >= 15 is 0 Å². The molecule has 6 heteroatoms. The van der Waals surface area contributed by atoms with Crippen molar-refractivity contribution in [3.63, 3.8) is 0 Å². The summed E-state index contributed by atoms with van der Waals surface area (Å²) in [4.78, 5) is 15.1. The van der Waals surface area contributed by atoms with Crippen LogP contribution in [0.15, 0.2) is 54.6 Å². The van der Waals surface area contributed by atoms with Gasteiger partial charge in [0.25, 0.3) is 0 Å². The van der Waals surface area contributed by atoms with Gasteiger partial charge in [-0.1, -0.05) is 56.3 Å². The second-order valence-corrected chi connectivity index (χ2v) is 9.90. The Kier molecular flexibility index (Phi) is 6.63. The summed E-state index contributed by atoms with van der Waals surface area (Å²) in [5.41, 5.74) is 2.19. The van der Waals surface area contributed by atoms with E-state index in [1.807, 2.05) is 35.2 Å². The Hall–Kier alpha value is -2.34. The molecule has 0 spiro atoms. The highest BCUT2D eigenvalue weighted by molar-refractivity contribution is 7.87. The van der Waals surface area contributed by atoms with Crippen LogP contribution in [0.2, 0.25) is 0 Å². The van der Waals surface area contributed by atoms with Crippen molar-refractivity contribution in [2.24, 2.45) is 11.8 Å². The number of rotatable bonds is 9. The molecule has 0 heterocycles. The summed E-state index contributed by atoms with van der Waals surface area (Å²) in [5, 5.41) is 0. The summed E-state index contributed by atoms with van der Waals surface area (Å²) in [6, 6.07) is 17.1. The first-order chi connectivity index (χ1) is 13.8. The molecule has 29 heavy (non-hydrogen) atoms. The lowest BCUT2D eigenvalue weighted by Crippen LogP contribution is -2.35. The molecule has 0 aromatic heterocycles. The van der Waals surface area contributed by atoms with Crippen LogP contribution in [-0.2, 0) is 21.5 Å². The molecule has 1 aliphatic carbocycles. The summed E-state index contributed by atoms with van der Waals surface area (Å²) in [6.07, 6.45) is 0.902. The molecule has 0 unspecified atom stereocenters. The zero-order chi connectivity index (χ0) is 21.0. The van der Waals surface area contributed by atoms with E-state index < -0.39 is 10.1 Å². The molecule has 156 valence electrons. The molecule has 1 fully saturated rings. The summed E-state index contributed by atoms with van der Waals surface area (Å²) in [5.74, 6) is 1.15. The van der Waals surface area contributed by atoms with Crippen molar-refractivity contribution >= 4 is 16.0 Å². The second kappa shape index (κ2) is 8.99. The summed E-state index contributed by atoms with van der Waals surface area (Å²) < 4.78 is 28.2. The highest BCUT2D eigenvalue weighted by atomic mass is 32.2. The van der Waals surface area contributed by atoms with Gasteiger partial charge < -0.3 is 9.08 Å². The number of amides is 1. The van der Waals surface area contributed by atoms with Gasteiger partial charge in [-0.2, -0.15) is 8.42 Å². The maximum atomic E-state index is 13.1. The van der Waals surface area contributed by atoms with Crippen molar-refractivity contribution in [3.8, 4) is 5.75 Å². The number of carbonyl (C=O) groups is 1. The molecule has 5 nitrogen and oxygen atoms in total. The highest BCUT2D eigenvalue weighted by Crippen LogP contribution is 2.48. The largest absolute Gasteiger partial charge is 0.382 e. The number of nitrogens with zero attached hydrogens (tertiary/aromatic N) is 1. The lowest BCUT2D eigenvalue weighted by atomic mass is 10.1. The highest BCUT2D eigenvalue weighted by Gasteiger charge is 2.45. The van der Waals surface area contributed by atoms with Gasteiger partial charge in [0.15, 0.2) is 0 Å². The molecule has 0 aliphatic heterocycles. The van der Waals surface area contributed by atoms with Gasteiger partial charge in [0.05, 0.1) is 5.75 Å². The van der Waals surface area contributed by atoms with Gasteiger partial charge in [0.1, 0.15) is 5.75 Å². The first-order valence-corrected chi connectivity index (χ1v) is 11.7. The zero-order valence-corrected chi connectivity index (χ0v) is 18.1. The van der Waals surface area contributed by atoms with E-state index in [4.69, 9.17) is 4.18 Å². The predicted octanol–water partition coefficient (Wildman–Crippen LogP) is 4.20. The average molecular weight is 416 g/mol. The number of hydrogen-bond acceptors (Lipinski definition) is 4. The van der Waals surface area contributed by atoms with Crippen LogP contribution in [0.1, 0.15) is 44.2 Å². The Morgan fingerprint density at radius 3 is 2.34 bits per heavy atom. The minimum absolute atomic E-state index is 0.0495. The summed E-state index contributed by atoms with van der Waals surface area (Å²) in [6.45, 7) is 6.96. The first-order valence-electron chi connectivity index (χ1n) is 10.1. The quantitative estimate of drug-likeness (QED) is 0.576. The third-order valence-electron chi connectivity index (χ3n) is 5.11. The fourth-order valence-corrected chi connectivity index (χ4v) is 4.04. The smallest absolute Gasteiger partial charge is 0.308 e. The van der Waals surface area contributed by atoms with E-state index in [0.29, 0.717) is 30.7 Å². The van der Waals surface area contributed by atoms with Gasteiger partial charge >= 0.3 is 10.1 Å². The van der Waals surface area contributed by atoms with Gasteiger partial charge in [0.2, 0.25) is 5.91 Å². The van der Waals surface area contributed by atoms with Crippen LogP contribution in [0.25, 0.3) is 0 Å². The number of hydrogen-bond donors (Lipinski definition) is 0. The minimum Gasteiger partial charge on any atom is -0.382 e. The van der Waals surface area contributed by atoms with Gasteiger partial charge in [0, 0.05) is 19.0 Å². The maximum Gasteiger partial charge on any atom is 0.308 e. The molecule has 1 saturated carbocycles. The molecule has 0 radical (unpaired) electrons. The molecule has 1 aliphatic rings. The molecule has 2 atom stereocenters. The van der Waals surface area contributed by atoms with Crippen molar-refractivity contribution in [1.82, 2.24) is 4.90 Å². The van der Waals surface area contributed by atoms with E-state index in [1.54, 1.807) is 19.1 Å². The fraction of sp³-hybridized carbons (Fsp3) is 0.435. The second-order valence-electron chi connectivity index (χ2n) is 8.05. The Bertz CT molecular complexity index is 923. The topological polar surface area (TPSA) is 63.7 Å². The molecule has 2 aromatic rings. The van der Waals surface area contributed by atoms with E-state index in [0.717, 1.165) is 12.0 Å². The minimum atomic E-state index is -3.54. The van der Waals surface area contributed by atoms with Crippen molar-refractivity contribution in [2.45, 2.75) is 39.7 Å². The molecule has 1 amide bonds. The SMILES string of the molecule is CCS(=O)(=O)Oc1ccc(CN(CC(C)C)C(=O)[C@@H]2C[C@H]2c2ccccc2)cc1. The van der Waals surface area contributed by atoms with Crippen LogP contribution in [0.3, 0.4) is 0 Å². The van der Waals surface area contributed by atoms with E-state index in [1.165, 1.54) is 5.56 Å². The van der Waals surface area contributed by atoms with E-state index in [9.17, 15) is 13.2 Å². The van der Waals surface area contributed by atoms with Crippen molar-refractivity contribution in [1.29, 1.82) is 0 Å². The van der Waals surface area contributed by atoms with Crippen LogP contribution < -0.4 is 4.18 Å². The first kappa shape index (κ1) is 21.4. The average Bonchev–Trinajstić information content (AvgIpc) is 3.49. The molecule has 2 aromatic carbocycles. The van der Waals surface area contributed by atoms with Crippen molar-refractivity contribution in [3.05, 3.63) is 65.7 Å². The monoisotopic (exact) mass is 415 g/mol. The molecular formula is C23H29NO4S. The number of benzene rings is 2. The molecule has 0 N–H and O–H groups in total. The molecule has 3 rings (SSSR count). The van der Waals surface area contributed by atoms with E-state index in [-0.39, 0.29) is 17.6 Å². The lowest BCUT2D eigenvalue weighted by Gasteiger charge is -2.25. The Balaban J connectivity index is 1.67. The molecule has 0 saturated heterocycles. The Labute approximate surface area is 173 Å². The van der Waals surface area contributed by atoms with Gasteiger partial charge in [-0.3, -0.25) is 4.79 Å². The Morgan fingerprint density at radius 1 is 1.10 bits per heavy atom. The third kappa shape index (κ3) is 5.82. The van der Waals surface area contributed by atoms with E-state index in [2.05, 4.69) is 26.0 Å². The molecule has 0 bridgehead atoms. The van der Waals surface area contributed by atoms with Crippen LogP contribution in [0, 0.1) is 11.8 Å². The zero-order valence-electron chi connectivity index (χ0n) is 17.2. The van der Waals surface area contributed by atoms with Crippen LogP contribution in [-0.4, -0.2) is 31.5 Å². The summed E-state index contributed by atoms with van der Waals surface area (Å²) >= 11 is 0. The van der Waals surface area contributed by atoms with Gasteiger partial charge in [-0.05, 0) is 48.4 Å². The summed E-state index contributed by atoms with van der Waals surface area (Å²) in [7, 11) is -3.54. The normalized spacial score (nSPS) is 18.5. The standard InChI is InChI=1S/C23H29NO4S/c1-4-29(26,27)28-20-12-10-18(11-13-20)16-24(15-17(2)3)23(25)22-14-21(22)19-8-6-5-7-9-19/h5-13,17,21-22H,4,14-16H2,1-3H3/t21-,22+/m0/s1. The molecular weight excluding hydrogens is 386 g/mol. The predicted molar refractivity (Wildman–Crippen MR) is 114 cm³/mol. The Morgan fingerprint density at radius 2 is 1.76 bits per heavy atom. The maximum absolute atomic E-state index is 13.1. The van der Waals surface area contributed by atoms with Crippen LogP contribution in [0.4, 0.5) is 0 Å². The van der Waals surface area contributed by atoms with Crippen LogP contribution >= 0.6 is 0 Å².